The average molecular weight is 212 g/mol. The van der Waals surface area contributed by atoms with Crippen molar-refractivity contribution in [2.24, 2.45) is 5.92 Å². The number of carbonyl (C=O) groups excluding carboxylic acids is 1. The van der Waals surface area contributed by atoms with Crippen LogP contribution in [0.15, 0.2) is 11.8 Å². The summed E-state index contributed by atoms with van der Waals surface area (Å²) < 4.78 is 10.3. The van der Waals surface area contributed by atoms with Crippen LogP contribution in [-0.4, -0.2) is 30.4 Å². The van der Waals surface area contributed by atoms with Crippen LogP contribution in [0.2, 0.25) is 0 Å². The summed E-state index contributed by atoms with van der Waals surface area (Å²) in [6.07, 6.45) is 4.46. The van der Waals surface area contributed by atoms with Crippen LogP contribution in [0.1, 0.15) is 25.7 Å². The van der Waals surface area contributed by atoms with Gasteiger partial charge in [-0.3, -0.25) is 0 Å². The molecule has 0 saturated heterocycles. The Balaban J connectivity index is 1.98. The smallest absolute Gasteiger partial charge is 0.335 e. The maximum Gasteiger partial charge on any atom is 0.335 e. The Kier molecular flexibility index (Phi) is 2.69. The molecule has 2 rings (SSSR count). The van der Waals surface area contributed by atoms with Crippen molar-refractivity contribution in [3.8, 4) is 0 Å². The molecule has 0 aromatic carbocycles. The van der Waals surface area contributed by atoms with E-state index in [1.54, 1.807) is 7.11 Å². The molecule has 15 heavy (non-hydrogen) atoms. The molecule has 1 N–H and O–H groups in total. The van der Waals surface area contributed by atoms with Crippen LogP contribution >= 0.6 is 0 Å². The van der Waals surface area contributed by atoms with Gasteiger partial charge in [-0.1, -0.05) is 0 Å². The van der Waals surface area contributed by atoms with Crippen molar-refractivity contribution in [1.82, 2.24) is 0 Å². The average Bonchev–Trinajstić information content (AvgIpc) is 2.47. The van der Waals surface area contributed by atoms with Crippen LogP contribution in [0.3, 0.4) is 0 Å². The molecule has 2 aliphatic rings. The molecule has 0 aromatic rings. The predicted molar refractivity (Wildman–Crippen MR) is 53.4 cm³/mol. The zero-order chi connectivity index (χ0) is 10.9. The summed E-state index contributed by atoms with van der Waals surface area (Å²) in [4.78, 5) is 11.1. The van der Waals surface area contributed by atoms with Gasteiger partial charge in [0.1, 0.15) is 5.76 Å². The van der Waals surface area contributed by atoms with E-state index in [0.717, 1.165) is 19.4 Å². The molecule has 0 amide bonds. The number of carbonyl (C=O) groups is 1. The lowest BCUT2D eigenvalue weighted by Gasteiger charge is -2.35. The Hall–Kier alpha value is -1.03. The third-order valence-electron chi connectivity index (χ3n) is 3.33. The lowest BCUT2D eigenvalue weighted by molar-refractivity contribution is -0.151. The summed E-state index contributed by atoms with van der Waals surface area (Å²) in [5, 5.41) is 9.68. The van der Waals surface area contributed by atoms with Crippen molar-refractivity contribution >= 4 is 5.97 Å². The molecule has 4 nitrogen and oxygen atoms in total. The third kappa shape index (κ3) is 1.86. The van der Waals surface area contributed by atoms with Gasteiger partial charge in [-0.05, 0) is 31.6 Å². The first-order chi connectivity index (χ1) is 7.16. The van der Waals surface area contributed by atoms with E-state index in [4.69, 9.17) is 9.47 Å². The third-order valence-corrected chi connectivity index (χ3v) is 3.33. The van der Waals surface area contributed by atoms with Gasteiger partial charge in [0.2, 0.25) is 0 Å². The number of ether oxygens (including phenoxy) is 2. The molecular weight excluding hydrogens is 196 g/mol. The zero-order valence-electron chi connectivity index (χ0n) is 8.86. The molecule has 1 spiro atoms. The van der Waals surface area contributed by atoms with Gasteiger partial charge in [0.15, 0.2) is 5.60 Å². The van der Waals surface area contributed by atoms with Crippen LogP contribution in [0.4, 0.5) is 0 Å². The number of rotatable bonds is 2. The molecule has 0 aromatic heterocycles. The molecule has 1 aliphatic heterocycles. The van der Waals surface area contributed by atoms with Crippen molar-refractivity contribution in [2.45, 2.75) is 31.3 Å². The minimum absolute atomic E-state index is 0.100. The fourth-order valence-electron chi connectivity index (χ4n) is 2.42. The van der Waals surface area contributed by atoms with Gasteiger partial charge in [0.05, 0.1) is 6.08 Å². The number of aliphatic hydroxyl groups excluding tert-OH is 1. The van der Waals surface area contributed by atoms with E-state index in [2.05, 4.69) is 0 Å². The second kappa shape index (κ2) is 3.85. The molecule has 1 heterocycles. The van der Waals surface area contributed by atoms with Crippen LogP contribution < -0.4 is 0 Å². The van der Waals surface area contributed by atoms with Gasteiger partial charge in [-0.25, -0.2) is 4.79 Å². The Morgan fingerprint density at radius 2 is 2.27 bits per heavy atom. The summed E-state index contributed by atoms with van der Waals surface area (Å²) in [5.41, 5.74) is -0.707. The fourth-order valence-corrected chi connectivity index (χ4v) is 2.42. The van der Waals surface area contributed by atoms with E-state index in [0.29, 0.717) is 18.8 Å². The van der Waals surface area contributed by atoms with Crippen LogP contribution in [0, 0.1) is 5.92 Å². The van der Waals surface area contributed by atoms with Crippen LogP contribution in [0.5, 0.6) is 0 Å². The van der Waals surface area contributed by atoms with Gasteiger partial charge >= 0.3 is 5.97 Å². The molecule has 4 heteroatoms. The first kappa shape index (κ1) is 10.5. The van der Waals surface area contributed by atoms with Crippen molar-refractivity contribution in [3.05, 3.63) is 11.8 Å². The molecule has 1 fully saturated rings. The van der Waals surface area contributed by atoms with Gasteiger partial charge in [-0.15, -0.1) is 0 Å². The second-order valence-corrected chi connectivity index (χ2v) is 4.34. The molecule has 0 atom stereocenters. The Morgan fingerprint density at radius 1 is 1.60 bits per heavy atom. The highest BCUT2D eigenvalue weighted by molar-refractivity contribution is 5.86. The highest BCUT2D eigenvalue weighted by atomic mass is 16.6. The second-order valence-electron chi connectivity index (χ2n) is 4.34. The Morgan fingerprint density at radius 3 is 2.73 bits per heavy atom. The lowest BCUT2D eigenvalue weighted by atomic mass is 9.78. The fraction of sp³-hybridized carbons (Fsp3) is 0.727. The normalized spacial score (nSPS) is 35.4. The minimum Gasteiger partial charge on any atom is -0.508 e. The number of hydrogen-bond acceptors (Lipinski definition) is 4. The quantitative estimate of drug-likeness (QED) is 0.706. The number of methoxy groups -OCH3 is 1. The molecule has 1 aliphatic carbocycles. The summed E-state index contributed by atoms with van der Waals surface area (Å²) in [7, 11) is 1.69. The number of hydrogen-bond donors (Lipinski definition) is 1. The maximum atomic E-state index is 11.1. The van der Waals surface area contributed by atoms with Gasteiger partial charge < -0.3 is 14.6 Å². The Bertz CT molecular complexity index is 287. The SMILES string of the molecule is COCC1CCC2(CC1)OC(=O)C=C2O. The molecule has 0 bridgehead atoms. The topological polar surface area (TPSA) is 55.8 Å². The van der Waals surface area contributed by atoms with E-state index in [1.807, 2.05) is 0 Å². The first-order valence-corrected chi connectivity index (χ1v) is 5.29. The monoisotopic (exact) mass is 212 g/mol. The lowest BCUT2D eigenvalue weighted by Crippen LogP contribution is -2.37. The van der Waals surface area contributed by atoms with Gasteiger partial charge in [0.25, 0.3) is 0 Å². The molecule has 84 valence electrons. The van der Waals surface area contributed by atoms with Crippen LogP contribution in [0.25, 0.3) is 0 Å². The zero-order valence-corrected chi connectivity index (χ0v) is 8.86. The van der Waals surface area contributed by atoms with Crippen molar-refractivity contribution < 1.29 is 19.4 Å². The molecule has 1 saturated carbocycles. The highest BCUT2D eigenvalue weighted by Gasteiger charge is 2.46. The van der Waals surface area contributed by atoms with Crippen molar-refractivity contribution in [1.29, 1.82) is 0 Å². The van der Waals surface area contributed by atoms with Crippen molar-refractivity contribution in [2.75, 3.05) is 13.7 Å². The van der Waals surface area contributed by atoms with Gasteiger partial charge in [-0.2, -0.15) is 0 Å². The highest BCUT2D eigenvalue weighted by Crippen LogP contribution is 2.41. The largest absolute Gasteiger partial charge is 0.508 e. The summed E-state index contributed by atoms with van der Waals surface area (Å²) in [6, 6.07) is 0. The predicted octanol–water partition coefficient (Wildman–Crippen LogP) is 1.56. The Labute approximate surface area is 88.9 Å². The molecular formula is C11H16O4. The van der Waals surface area contributed by atoms with Crippen molar-refractivity contribution in [3.63, 3.8) is 0 Å². The standard InChI is InChI=1S/C11H16O4/c1-14-7-8-2-4-11(5-3-8)9(12)6-10(13)15-11/h6,8,12H,2-5,7H2,1H3. The molecule has 0 radical (unpaired) electrons. The minimum atomic E-state index is -0.707. The van der Waals surface area contributed by atoms with E-state index in [9.17, 15) is 9.90 Å². The van der Waals surface area contributed by atoms with E-state index in [-0.39, 0.29) is 5.76 Å². The molecule has 0 unspecified atom stereocenters. The van der Waals surface area contributed by atoms with E-state index < -0.39 is 11.6 Å². The number of aliphatic hydroxyl groups is 1. The summed E-state index contributed by atoms with van der Waals surface area (Å²) in [5.74, 6) is 0.203. The van der Waals surface area contributed by atoms with E-state index in [1.165, 1.54) is 6.08 Å². The maximum absolute atomic E-state index is 11.1. The van der Waals surface area contributed by atoms with E-state index >= 15 is 0 Å². The summed E-state index contributed by atoms with van der Waals surface area (Å²) in [6.45, 7) is 0.745. The summed E-state index contributed by atoms with van der Waals surface area (Å²) >= 11 is 0. The van der Waals surface area contributed by atoms with Gasteiger partial charge in [0, 0.05) is 13.7 Å². The number of esters is 1. The first-order valence-electron chi connectivity index (χ1n) is 5.29. The van der Waals surface area contributed by atoms with Crippen LogP contribution in [-0.2, 0) is 14.3 Å².